The van der Waals surface area contributed by atoms with Crippen molar-refractivity contribution in [1.29, 1.82) is 0 Å². The van der Waals surface area contributed by atoms with Crippen LogP contribution < -0.4 is 4.74 Å². The Morgan fingerprint density at radius 1 is 1.24 bits per heavy atom. The molecule has 0 saturated carbocycles. The van der Waals surface area contributed by atoms with Crippen molar-refractivity contribution in [2.24, 2.45) is 0 Å². The number of benzene rings is 1. The van der Waals surface area contributed by atoms with Crippen LogP contribution in [0.5, 0.6) is 5.75 Å². The molecule has 0 N–H and O–H groups in total. The molecule has 1 heterocycles. The van der Waals surface area contributed by atoms with Crippen molar-refractivity contribution in [1.82, 2.24) is 4.98 Å². The molecule has 2 rings (SSSR count). The van der Waals surface area contributed by atoms with Gasteiger partial charge in [0.05, 0.1) is 5.02 Å². The Bertz CT molecular complexity index is 513. The maximum absolute atomic E-state index is 13.4. The lowest BCUT2D eigenvalue weighted by Crippen LogP contribution is -1.98. The van der Waals surface area contributed by atoms with Crippen LogP contribution in [0.15, 0.2) is 36.5 Å². The second kappa shape index (κ2) is 5.34. The van der Waals surface area contributed by atoms with E-state index in [1.807, 2.05) is 0 Å². The molecule has 17 heavy (non-hydrogen) atoms. The van der Waals surface area contributed by atoms with Gasteiger partial charge in [-0.15, -0.1) is 0 Å². The maximum atomic E-state index is 13.4. The summed E-state index contributed by atoms with van der Waals surface area (Å²) in [5, 5.41) is 0.607. The lowest BCUT2D eigenvalue weighted by Gasteiger charge is -2.08. The van der Waals surface area contributed by atoms with E-state index in [0.29, 0.717) is 5.15 Å². The number of para-hydroxylation sites is 1. The van der Waals surface area contributed by atoms with Crippen molar-refractivity contribution in [3.63, 3.8) is 0 Å². The number of pyridine rings is 1. The molecule has 5 heteroatoms. The molecule has 2 nitrogen and oxygen atoms in total. The SMILES string of the molecule is Fc1cccc(Cl)c1OCc1ccnc(Cl)c1. The van der Waals surface area contributed by atoms with Crippen LogP contribution in [0.1, 0.15) is 5.56 Å². The zero-order chi connectivity index (χ0) is 12.3. The largest absolute Gasteiger partial charge is 0.484 e. The van der Waals surface area contributed by atoms with Crippen LogP contribution in [0.25, 0.3) is 0 Å². The van der Waals surface area contributed by atoms with Gasteiger partial charge in [-0.25, -0.2) is 9.37 Å². The smallest absolute Gasteiger partial charge is 0.174 e. The highest BCUT2D eigenvalue weighted by molar-refractivity contribution is 6.32. The molecule has 1 aromatic heterocycles. The minimum atomic E-state index is -0.488. The molecular weight excluding hydrogens is 264 g/mol. The van der Waals surface area contributed by atoms with Gasteiger partial charge in [-0.3, -0.25) is 0 Å². The maximum Gasteiger partial charge on any atom is 0.174 e. The van der Waals surface area contributed by atoms with Crippen LogP contribution >= 0.6 is 23.2 Å². The molecule has 2 aromatic rings. The van der Waals surface area contributed by atoms with E-state index in [1.54, 1.807) is 24.4 Å². The summed E-state index contributed by atoms with van der Waals surface area (Å²) in [6, 6.07) is 7.77. The monoisotopic (exact) mass is 271 g/mol. The lowest BCUT2D eigenvalue weighted by atomic mass is 10.3. The number of hydrogen-bond donors (Lipinski definition) is 0. The summed E-state index contributed by atoms with van der Waals surface area (Å²) in [6.07, 6.45) is 1.56. The van der Waals surface area contributed by atoms with Gasteiger partial charge in [-0.2, -0.15) is 0 Å². The predicted molar refractivity (Wildman–Crippen MR) is 65.0 cm³/mol. The topological polar surface area (TPSA) is 22.1 Å². The minimum absolute atomic E-state index is 0.0436. The average molecular weight is 272 g/mol. The lowest BCUT2D eigenvalue weighted by molar-refractivity contribution is 0.290. The summed E-state index contributed by atoms with van der Waals surface area (Å²) < 4.78 is 18.7. The molecule has 1 aromatic carbocycles. The first kappa shape index (κ1) is 12.1. The summed E-state index contributed by atoms with van der Waals surface area (Å²) in [7, 11) is 0. The van der Waals surface area contributed by atoms with Crippen molar-refractivity contribution in [2.45, 2.75) is 6.61 Å². The Balaban J connectivity index is 2.13. The second-order valence-electron chi connectivity index (χ2n) is 3.33. The zero-order valence-corrected chi connectivity index (χ0v) is 10.2. The summed E-state index contributed by atoms with van der Waals surface area (Å²) in [5.74, 6) is -0.445. The van der Waals surface area contributed by atoms with E-state index >= 15 is 0 Å². The van der Waals surface area contributed by atoms with Crippen LogP contribution in [-0.2, 0) is 6.61 Å². The third-order valence-corrected chi connectivity index (χ3v) is 2.60. The Labute approximate surface area is 108 Å². The fourth-order valence-electron chi connectivity index (χ4n) is 1.31. The molecule has 88 valence electrons. The van der Waals surface area contributed by atoms with E-state index < -0.39 is 5.82 Å². The highest BCUT2D eigenvalue weighted by Crippen LogP contribution is 2.28. The average Bonchev–Trinajstić information content (AvgIpc) is 2.28. The van der Waals surface area contributed by atoms with Crippen LogP contribution in [0.2, 0.25) is 10.2 Å². The Morgan fingerprint density at radius 3 is 2.76 bits per heavy atom. The third kappa shape index (κ3) is 3.08. The van der Waals surface area contributed by atoms with Gasteiger partial charge in [-0.05, 0) is 29.8 Å². The fourth-order valence-corrected chi connectivity index (χ4v) is 1.72. The van der Waals surface area contributed by atoms with Crippen molar-refractivity contribution < 1.29 is 9.13 Å². The van der Waals surface area contributed by atoms with E-state index in [-0.39, 0.29) is 17.4 Å². The van der Waals surface area contributed by atoms with E-state index in [2.05, 4.69) is 4.98 Å². The van der Waals surface area contributed by atoms with Crippen LogP contribution in [0, 0.1) is 5.82 Å². The van der Waals surface area contributed by atoms with Crippen LogP contribution in [0.3, 0.4) is 0 Å². The van der Waals surface area contributed by atoms with Gasteiger partial charge in [-0.1, -0.05) is 29.3 Å². The number of aromatic nitrogens is 1. The van der Waals surface area contributed by atoms with E-state index in [0.717, 1.165) is 5.56 Å². The highest BCUT2D eigenvalue weighted by atomic mass is 35.5. The molecule has 0 amide bonds. The van der Waals surface area contributed by atoms with E-state index in [9.17, 15) is 4.39 Å². The minimum Gasteiger partial charge on any atom is -0.484 e. The number of halogens is 3. The molecule has 0 aliphatic heterocycles. The standard InChI is InChI=1S/C12H8Cl2FNO/c13-9-2-1-3-10(15)12(9)17-7-8-4-5-16-11(14)6-8/h1-6H,7H2. The van der Waals surface area contributed by atoms with Crippen molar-refractivity contribution in [3.05, 3.63) is 58.1 Å². The van der Waals surface area contributed by atoms with Gasteiger partial charge in [0.1, 0.15) is 11.8 Å². The molecule has 0 fully saturated rings. The molecule has 0 spiro atoms. The summed E-state index contributed by atoms with van der Waals surface area (Å²) in [5.41, 5.74) is 0.796. The van der Waals surface area contributed by atoms with Crippen LogP contribution in [0.4, 0.5) is 4.39 Å². The van der Waals surface area contributed by atoms with Gasteiger partial charge < -0.3 is 4.74 Å². The van der Waals surface area contributed by atoms with Crippen molar-refractivity contribution in [3.8, 4) is 5.75 Å². The normalized spacial score (nSPS) is 10.3. The molecule has 0 aliphatic rings. The molecule has 0 saturated heterocycles. The van der Waals surface area contributed by atoms with Gasteiger partial charge in [0, 0.05) is 6.20 Å². The summed E-state index contributed by atoms with van der Waals surface area (Å²) in [6.45, 7) is 0.183. The van der Waals surface area contributed by atoms with Gasteiger partial charge in [0.25, 0.3) is 0 Å². The van der Waals surface area contributed by atoms with Gasteiger partial charge >= 0.3 is 0 Å². The number of nitrogens with zero attached hydrogens (tertiary/aromatic N) is 1. The quantitative estimate of drug-likeness (QED) is 0.784. The molecule has 0 aliphatic carbocycles. The van der Waals surface area contributed by atoms with E-state index in [1.165, 1.54) is 12.1 Å². The van der Waals surface area contributed by atoms with Crippen molar-refractivity contribution >= 4 is 23.2 Å². The Kier molecular flexibility index (Phi) is 3.82. The first-order valence-electron chi connectivity index (χ1n) is 4.84. The fraction of sp³-hybridized carbons (Fsp3) is 0.0833. The zero-order valence-electron chi connectivity index (χ0n) is 8.66. The number of ether oxygens (including phenoxy) is 1. The van der Waals surface area contributed by atoms with Gasteiger partial charge in [0.2, 0.25) is 0 Å². The summed E-state index contributed by atoms with van der Waals surface area (Å²) >= 11 is 11.5. The van der Waals surface area contributed by atoms with Crippen molar-refractivity contribution in [2.75, 3.05) is 0 Å². The predicted octanol–water partition coefficient (Wildman–Crippen LogP) is 4.11. The second-order valence-corrected chi connectivity index (χ2v) is 4.12. The summed E-state index contributed by atoms with van der Waals surface area (Å²) in [4.78, 5) is 3.84. The molecule has 0 bridgehead atoms. The third-order valence-electron chi connectivity index (χ3n) is 2.09. The van der Waals surface area contributed by atoms with E-state index in [4.69, 9.17) is 27.9 Å². The van der Waals surface area contributed by atoms with Gasteiger partial charge in [0.15, 0.2) is 11.6 Å². The van der Waals surface area contributed by atoms with Crippen LogP contribution in [-0.4, -0.2) is 4.98 Å². The molecule has 0 radical (unpaired) electrons. The molecular formula is C12H8Cl2FNO. The number of rotatable bonds is 3. The Hall–Kier alpha value is -1.32. The highest BCUT2D eigenvalue weighted by Gasteiger charge is 2.08. The first-order valence-corrected chi connectivity index (χ1v) is 5.59. The Morgan fingerprint density at radius 2 is 2.06 bits per heavy atom. The first-order chi connectivity index (χ1) is 8.16. The molecule has 0 atom stereocenters. The number of hydrogen-bond acceptors (Lipinski definition) is 2. The molecule has 0 unspecified atom stereocenters.